The van der Waals surface area contributed by atoms with E-state index in [-0.39, 0.29) is 0 Å². The number of hydrogen-bond donors (Lipinski definition) is 0. The van der Waals surface area contributed by atoms with Gasteiger partial charge in [-0.05, 0) is 19.3 Å². The lowest BCUT2D eigenvalue weighted by atomic mass is 10.2. The molecule has 0 bridgehead atoms. The lowest BCUT2D eigenvalue weighted by Crippen LogP contribution is -1.96. The first-order valence-corrected chi connectivity index (χ1v) is 4.13. The van der Waals surface area contributed by atoms with E-state index in [1.807, 2.05) is 6.92 Å². The molecule has 0 aliphatic rings. The van der Waals surface area contributed by atoms with Crippen LogP contribution in [-0.4, -0.2) is 11.5 Å². The van der Waals surface area contributed by atoms with Crippen LogP contribution in [0.3, 0.4) is 0 Å². The molecule has 0 amide bonds. The van der Waals surface area contributed by atoms with Crippen molar-refractivity contribution in [3.8, 4) is 0 Å². The van der Waals surface area contributed by atoms with E-state index < -0.39 is 6.17 Å². The molecule has 0 aliphatic heterocycles. The third-order valence-corrected chi connectivity index (χ3v) is 1.65. The number of rotatable bonds is 4. The smallest absolute Gasteiger partial charge is 0.0999 e. The Balaban J connectivity index is 2.86. The Morgan fingerprint density at radius 3 is 2.62 bits per heavy atom. The third kappa shape index (κ3) is 4.57. The van der Waals surface area contributed by atoms with Gasteiger partial charge in [-0.2, -0.15) is 0 Å². The Labute approximate surface area is 58.6 Å². The van der Waals surface area contributed by atoms with Crippen LogP contribution in [0.15, 0.2) is 0 Å². The normalized spacial score (nSPS) is 13.9. The summed E-state index contributed by atoms with van der Waals surface area (Å²) in [6.45, 7) is 1.87. The first-order chi connectivity index (χ1) is 3.81. The van der Waals surface area contributed by atoms with Crippen LogP contribution in [0.25, 0.3) is 0 Å². The number of halogens is 2. The standard InChI is InChI=1S/C6H12BrF/c1-2-6(8)4-3-5-7/h6H,2-5H2,1H3. The largest absolute Gasteiger partial charge is 0.248 e. The predicted octanol–water partition coefficient (Wildman–Crippen LogP) is 2.91. The van der Waals surface area contributed by atoms with Gasteiger partial charge in [0.15, 0.2) is 0 Å². The van der Waals surface area contributed by atoms with Gasteiger partial charge < -0.3 is 0 Å². The number of alkyl halides is 2. The van der Waals surface area contributed by atoms with Gasteiger partial charge in [0.2, 0.25) is 0 Å². The van der Waals surface area contributed by atoms with E-state index in [9.17, 15) is 4.39 Å². The molecule has 0 rings (SSSR count). The monoisotopic (exact) mass is 182 g/mol. The molecule has 2 heteroatoms. The fourth-order valence-corrected chi connectivity index (χ4v) is 0.827. The zero-order valence-electron chi connectivity index (χ0n) is 5.16. The second-order valence-electron chi connectivity index (χ2n) is 1.84. The Kier molecular flexibility index (Phi) is 5.83. The Hall–Kier alpha value is 0.410. The van der Waals surface area contributed by atoms with Crippen molar-refractivity contribution in [2.24, 2.45) is 0 Å². The molecular formula is C6H12BrF. The highest BCUT2D eigenvalue weighted by Gasteiger charge is 1.99. The minimum Gasteiger partial charge on any atom is -0.248 e. The first-order valence-electron chi connectivity index (χ1n) is 3.01. The summed E-state index contributed by atoms with van der Waals surface area (Å²) in [5.41, 5.74) is 0. The fraction of sp³-hybridized carbons (Fsp3) is 1.00. The van der Waals surface area contributed by atoms with E-state index in [1.54, 1.807) is 0 Å². The van der Waals surface area contributed by atoms with Crippen molar-refractivity contribution in [1.82, 2.24) is 0 Å². The predicted molar refractivity (Wildman–Crippen MR) is 38.2 cm³/mol. The summed E-state index contributed by atoms with van der Waals surface area (Å²) in [6, 6.07) is 0. The average Bonchev–Trinajstić information content (AvgIpc) is 1.83. The van der Waals surface area contributed by atoms with Gasteiger partial charge in [0.1, 0.15) is 0 Å². The van der Waals surface area contributed by atoms with Crippen LogP contribution in [0.2, 0.25) is 0 Å². The summed E-state index contributed by atoms with van der Waals surface area (Å²) >= 11 is 3.24. The van der Waals surface area contributed by atoms with Crippen molar-refractivity contribution in [2.75, 3.05) is 5.33 Å². The molecule has 1 unspecified atom stereocenters. The van der Waals surface area contributed by atoms with Crippen molar-refractivity contribution in [1.29, 1.82) is 0 Å². The zero-order chi connectivity index (χ0) is 6.41. The van der Waals surface area contributed by atoms with Crippen molar-refractivity contribution in [2.45, 2.75) is 32.4 Å². The topological polar surface area (TPSA) is 0 Å². The molecule has 0 N–H and O–H groups in total. The fourth-order valence-electron chi connectivity index (χ4n) is 0.503. The highest BCUT2D eigenvalue weighted by atomic mass is 79.9. The molecule has 0 saturated heterocycles. The maximum absolute atomic E-state index is 12.3. The van der Waals surface area contributed by atoms with E-state index in [1.165, 1.54) is 0 Å². The molecule has 0 radical (unpaired) electrons. The SMILES string of the molecule is CCC(F)CCCBr. The summed E-state index contributed by atoms with van der Waals surface area (Å²) < 4.78 is 12.3. The van der Waals surface area contributed by atoms with Crippen LogP contribution in [0, 0.1) is 0 Å². The zero-order valence-corrected chi connectivity index (χ0v) is 6.75. The minimum absolute atomic E-state index is 0.576. The van der Waals surface area contributed by atoms with E-state index in [0.29, 0.717) is 12.8 Å². The summed E-state index contributed by atoms with van der Waals surface area (Å²) in [4.78, 5) is 0. The van der Waals surface area contributed by atoms with Gasteiger partial charge in [-0.1, -0.05) is 22.9 Å². The lowest BCUT2D eigenvalue weighted by Gasteiger charge is -2.00. The summed E-state index contributed by atoms with van der Waals surface area (Å²) in [5.74, 6) is 0. The van der Waals surface area contributed by atoms with Crippen LogP contribution in [0.1, 0.15) is 26.2 Å². The van der Waals surface area contributed by atoms with Crippen LogP contribution < -0.4 is 0 Å². The van der Waals surface area contributed by atoms with Gasteiger partial charge >= 0.3 is 0 Å². The van der Waals surface area contributed by atoms with Crippen molar-refractivity contribution in [3.05, 3.63) is 0 Å². The Morgan fingerprint density at radius 1 is 1.62 bits per heavy atom. The highest BCUT2D eigenvalue weighted by molar-refractivity contribution is 9.09. The van der Waals surface area contributed by atoms with Crippen molar-refractivity contribution >= 4 is 15.9 Å². The molecule has 0 aromatic carbocycles. The molecule has 8 heavy (non-hydrogen) atoms. The van der Waals surface area contributed by atoms with Gasteiger partial charge in [0, 0.05) is 5.33 Å². The van der Waals surface area contributed by atoms with Crippen molar-refractivity contribution < 1.29 is 4.39 Å². The lowest BCUT2D eigenvalue weighted by molar-refractivity contribution is 0.304. The van der Waals surface area contributed by atoms with Gasteiger partial charge in [0.25, 0.3) is 0 Å². The maximum Gasteiger partial charge on any atom is 0.0999 e. The van der Waals surface area contributed by atoms with Crippen LogP contribution >= 0.6 is 15.9 Å². The molecule has 1 atom stereocenters. The van der Waals surface area contributed by atoms with Crippen molar-refractivity contribution in [3.63, 3.8) is 0 Å². The van der Waals surface area contributed by atoms with E-state index in [2.05, 4.69) is 15.9 Å². The molecular weight excluding hydrogens is 171 g/mol. The molecule has 0 spiro atoms. The summed E-state index contributed by atoms with van der Waals surface area (Å²) in [7, 11) is 0. The third-order valence-electron chi connectivity index (χ3n) is 1.09. The average molecular weight is 183 g/mol. The van der Waals surface area contributed by atoms with Crippen LogP contribution in [0.5, 0.6) is 0 Å². The molecule has 0 nitrogen and oxygen atoms in total. The molecule has 0 heterocycles. The second-order valence-corrected chi connectivity index (χ2v) is 2.63. The highest BCUT2D eigenvalue weighted by Crippen LogP contribution is 2.06. The van der Waals surface area contributed by atoms with Gasteiger partial charge in [-0.3, -0.25) is 0 Å². The van der Waals surface area contributed by atoms with E-state index >= 15 is 0 Å². The van der Waals surface area contributed by atoms with Gasteiger partial charge in [0.05, 0.1) is 6.17 Å². The maximum atomic E-state index is 12.3. The Bertz CT molecular complexity index is 47.8. The molecule has 50 valence electrons. The molecule has 0 fully saturated rings. The molecule has 0 aliphatic carbocycles. The summed E-state index contributed by atoms with van der Waals surface area (Å²) in [6.07, 6.45) is 1.75. The van der Waals surface area contributed by atoms with Crippen LogP contribution in [-0.2, 0) is 0 Å². The molecule has 0 aromatic rings. The quantitative estimate of drug-likeness (QED) is 0.588. The number of hydrogen-bond acceptors (Lipinski definition) is 0. The minimum atomic E-state index is -0.576. The Morgan fingerprint density at radius 2 is 2.25 bits per heavy atom. The van der Waals surface area contributed by atoms with Gasteiger partial charge in [-0.25, -0.2) is 4.39 Å². The van der Waals surface area contributed by atoms with E-state index in [4.69, 9.17) is 0 Å². The summed E-state index contributed by atoms with van der Waals surface area (Å²) in [5, 5.41) is 0.924. The van der Waals surface area contributed by atoms with Crippen LogP contribution in [0.4, 0.5) is 4.39 Å². The van der Waals surface area contributed by atoms with E-state index in [0.717, 1.165) is 11.8 Å². The van der Waals surface area contributed by atoms with Gasteiger partial charge in [-0.15, -0.1) is 0 Å². The first kappa shape index (κ1) is 8.41. The molecule has 0 aromatic heterocycles. The second kappa shape index (κ2) is 5.54. The molecule has 0 saturated carbocycles.